The molecule has 8 heteroatoms. The Morgan fingerprint density at radius 3 is 1.81 bits per heavy atom. The summed E-state index contributed by atoms with van der Waals surface area (Å²) in [6, 6.07) is 16.8. The van der Waals surface area contributed by atoms with E-state index in [0.29, 0.717) is 4.57 Å². The summed E-state index contributed by atoms with van der Waals surface area (Å²) in [5.41, 5.74) is 4.66. The molecule has 0 radical (unpaired) electrons. The Morgan fingerprint density at radius 1 is 0.875 bits per heavy atom. The van der Waals surface area contributed by atoms with Gasteiger partial charge in [0, 0.05) is 0 Å². The van der Waals surface area contributed by atoms with Gasteiger partial charge in [0.15, 0.2) is 0 Å². The fourth-order valence-electron chi connectivity index (χ4n) is 2.13. The van der Waals surface area contributed by atoms with Crippen molar-refractivity contribution in [1.82, 2.24) is 0 Å². The second kappa shape index (κ2) is 27.9. The first-order chi connectivity index (χ1) is 15.6. The number of hydrogen-bond donors (Lipinski definition) is 0. The van der Waals surface area contributed by atoms with Crippen LogP contribution in [0.4, 0.5) is 5.69 Å². The molecule has 0 aliphatic carbocycles. The van der Waals surface area contributed by atoms with Gasteiger partial charge in [-0.3, -0.25) is 0 Å². The minimum atomic E-state index is 0.594. The Bertz CT molecular complexity index is 896. The maximum absolute atomic E-state index is 7.50. The molecule has 0 fully saturated rings. The number of hydrogen-bond acceptors (Lipinski definition) is 2. The third-order valence-corrected chi connectivity index (χ3v) is 3.76. The minimum absolute atomic E-state index is 0.594. The van der Waals surface area contributed by atoms with E-state index >= 15 is 0 Å². The molecule has 0 bridgehead atoms. The quantitative estimate of drug-likeness (QED) is 0.389. The van der Waals surface area contributed by atoms with Crippen molar-refractivity contribution in [3.8, 4) is 11.8 Å². The first kappa shape index (κ1) is 36.2. The van der Waals surface area contributed by atoms with Gasteiger partial charge in [0.05, 0.1) is 0 Å². The average Bonchev–Trinajstić information content (AvgIpc) is 2.90. The van der Waals surface area contributed by atoms with E-state index in [1.807, 2.05) is 18.2 Å². The van der Waals surface area contributed by atoms with Gasteiger partial charge in [0.2, 0.25) is 0 Å². The number of aryl methyl sites for hydroxylation is 1. The Morgan fingerprint density at radius 2 is 1.34 bits per heavy atom. The number of ether oxygens (including phenoxy) is 1. The monoisotopic (exact) mass is 469 g/mol. The van der Waals surface area contributed by atoms with Gasteiger partial charge in [0.25, 0.3) is 0 Å². The Kier molecular flexibility index (Phi) is 31.6. The summed E-state index contributed by atoms with van der Waals surface area (Å²) in [5.74, 6) is 6.13. The fourth-order valence-corrected chi connectivity index (χ4v) is 2.21. The van der Waals surface area contributed by atoms with Crippen LogP contribution >= 0.6 is 0 Å². The van der Waals surface area contributed by atoms with Crippen LogP contribution in [0.25, 0.3) is 0 Å². The molecule has 0 N–H and O–H groups in total. The van der Waals surface area contributed by atoms with Crippen molar-refractivity contribution in [1.29, 1.82) is 0 Å². The van der Waals surface area contributed by atoms with E-state index in [0.717, 1.165) is 17.8 Å². The molecule has 0 saturated heterocycles. The summed E-state index contributed by atoms with van der Waals surface area (Å²) in [4.78, 5) is 2.21. The molecule has 0 aliphatic rings. The van der Waals surface area contributed by atoms with Crippen LogP contribution in [-0.4, -0.2) is 18.7 Å². The van der Waals surface area contributed by atoms with Crippen LogP contribution in [0, 0.1) is 52.0 Å². The second-order valence-electron chi connectivity index (χ2n) is 5.10. The van der Waals surface area contributed by atoms with Crippen molar-refractivity contribution in [2.24, 2.45) is 0 Å². The van der Waals surface area contributed by atoms with Gasteiger partial charge in [-0.05, 0) is 0 Å². The number of benzene rings is 2. The van der Waals surface area contributed by atoms with E-state index < -0.39 is 0 Å². The van der Waals surface area contributed by atoms with Crippen LogP contribution in [0.2, 0.25) is 0 Å². The standard InChI is InChI=1S/C19H19NO.5CO.Cr/c1-16-10-12-17(13-11-16)15-20(2)19-9-5-4-7-18(19)8-6-14-21-3;5*1-2;/h4-5,7,9-13H,15H2,1-3H3;;;;;;. The molecular weight excluding hydrogens is 450 g/mol. The molecule has 0 aromatic heterocycles. The first-order valence-electron chi connectivity index (χ1n) is 8.08. The molecule has 2 rings (SSSR count). The Labute approximate surface area is 196 Å². The summed E-state index contributed by atoms with van der Waals surface area (Å²) >= 11 is 2.80. The van der Waals surface area contributed by atoms with Gasteiger partial charge in [-0.15, -0.1) is 0 Å². The molecule has 0 aliphatic heterocycles. The summed E-state index contributed by atoms with van der Waals surface area (Å²) < 4.78 is 43.1. The van der Waals surface area contributed by atoms with Gasteiger partial charge >= 0.3 is 197 Å². The summed E-state index contributed by atoms with van der Waals surface area (Å²) in [7, 11) is 3.69. The molecule has 2 aromatic rings. The summed E-state index contributed by atoms with van der Waals surface area (Å²) in [6.45, 7) is 25.4. The molecule has 2 aromatic carbocycles. The predicted molar refractivity (Wildman–Crippen MR) is 108 cm³/mol. The number of anilines is 1. The van der Waals surface area contributed by atoms with Crippen LogP contribution in [0.15, 0.2) is 48.5 Å². The van der Waals surface area contributed by atoms with Crippen LogP contribution in [0.1, 0.15) is 16.7 Å². The average molecular weight is 469 g/mol. The molecule has 0 saturated carbocycles. The van der Waals surface area contributed by atoms with Crippen LogP contribution in [-0.2, 0) is 50.4 Å². The van der Waals surface area contributed by atoms with Gasteiger partial charge in [-0.2, -0.15) is 0 Å². The molecule has 0 heterocycles. The van der Waals surface area contributed by atoms with E-state index in [1.54, 1.807) is 7.11 Å². The molecular formula is C24H19CrNO6. The van der Waals surface area contributed by atoms with Crippen molar-refractivity contribution >= 4 is 10.3 Å². The zero-order valence-electron chi connectivity index (χ0n) is 17.6. The van der Waals surface area contributed by atoms with E-state index in [2.05, 4.69) is 110 Å². The summed E-state index contributed by atoms with van der Waals surface area (Å²) in [6.07, 6.45) is 0. The van der Waals surface area contributed by atoms with E-state index in [1.165, 1.54) is 11.1 Å². The first-order valence-corrected chi connectivity index (χ1v) is 8.71. The van der Waals surface area contributed by atoms with Crippen molar-refractivity contribution in [3.63, 3.8) is 0 Å². The number of para-hydroxylation sites is 1. The van der Waals surface area contributed by atoms with Gasteiger partial charge in [0.1, 0.15) is 0 Å². The van der Waals surface area contributed by atoms with E-state index in [4.69, 9.17) is 28.0 Å². The normalized spacial score (nSPS) is 7.03. The fraction of sp³-hybridized carbons (Fsp3) is 0.167. The molecule has 0 unspecified atom stereocenters. The predicted octanol–water partition coefficient (Wildman–Crippen LogP) is 3.12. The second-order valence-corrected chi connectivity index (χ2v) is 5.68. The van der Waals surface area contributed by atoms with E-state index in [9.17, 15) is 0 Å². The molecule has 7 nitrogen and oxygen atoms in total. The number of nitrogens with zero attached hydrogens (tertiary/aromatic N) is 1. The topological polar surface area (TPSA) is 112 Å². The van der Waals surface area contributed by atoms with Crippen LogP contribution in [0.3, 0.4) is 0 Å². The van der Waals surface area contributed by atoms with Crippen molar-refractivity contribution in [3.05, 3.63) is 98.5 Å². The zero-order chi connectivity index (χ0) is 25.9. The van der Waals surface area contributed by atoms with Crippen molar-refractivity contribution in [2.45, 2.75) is 13.5 Å². The number of methoxy groups -OCH3 is 1. The Hall–Kier alpha value is -3.14. The Balaban J connectivity index is -0.000000345. The third kappa shape index (κ3) is 16.6. The van der Waals surface area contributed by atoms with Crippen molar-refractivity contribution in [2.75, 3.05) is 19.1 Å². The van der Waals surface area contributed by atoms with Crippen LogP contribution in [0.5, 0.6) is 0 Å². The maximum atomic E-state index is 7.50. The zero-order valence-corrected chi connectivity index (χ0v) is 18.9. The summed E-state index contributed by atoms with van der Waals surface area (Å²) in [5, 5.41) is 0. The van der Waals surface area contributed by atoms with Gasteiger partial charge < -0.3 is 0 Å². The SMILES string of the molecule is CO[C](=[Cr])C#Cc1ccccc1N(C)Cc1ccc(C)cc1.[C-]#[O+].[C-]#[O+].[C-]#[O+].[C-]#[O+].[C-]#[O+]. The van der Waals surface area contributed by atoms with Gasteiger partial charge in [-0.25, -0.2) is 0 Å². The molecule has 162 valence electrons. The van der Waals surface area contributed by atoms with Crippen molar-refractivity contribution < 1.29 is 43.8 Å². The van der Waals surface area contributed by atoms with Gasteiger partial charge in [-0.1, -0.05) is 0 Å². The molecule has 0 amide bonds. The van der Waals surface area contributed by atoms with E-state index in [-0.39, 0.29) is 0 Å². The molecule has 32 heavy (non-hydrogen) atoms. The molecule has 0 atom stereocenters. The van der Waals surface area contributed by atoms with Crippen LogP contribution < -0.4 is 4.90 Å². The number of rotatable bonds is 4. The third-order valence-electron chi connectivity index (χ3n) is 3.34. The molecule has 0 spiro atoms.